The van der Waals surface area contributed by atoms with Crippen LogP contribution in [0.25, 0.3) is 0 Å². The first-order chi connectivity index (χ1) is 10.1. The van der Waals surface area contributed by atoms with E-state index in [0.717, 1.165) is 19.3 Å². The topological polar surface area (TPSA) is 124 Å². The van der Waals surface area contributed by atoms with Gasteiger partial charge >= 0.3 is 17.9 Å². The second-order valence-corrected chi connectivity index (χ2v) is 5.23. The van der Waals surface area contributed by atoms with Crippen molar-refractivity contribution in [3.8, 4) is 0 Å². The molecule has 1 saturated heterocycles. The first kappa shape index (κ1) is 19.9. The molecule has 1 heterocycles. The second kappa shape index (κ2) is 8.99. The number of hydrogen-bond donors (Lipinski definition) is 3. The fourth-order valence-corrected chi connectivity index (χ4v) is 1.63. The molecule has 1 aliphatic heterocycles. The number of fused-ring (bicyclic) bond motifs is 1. The van der Waals surface area contributed by atoms with E-state index in [4.69, 9.17) is 20.1 Å². The van der Waals surface area contributed by atoms with Crippen molar-refractivity contribution < 1.29 is 34.4 Å². The fourth-order valence-electron chi connectivity index (χ4n) is 1.63. The monoisotopic (exact) mass is 314 g/mol. The van der Waals surface area contributed by atoms with Crippen molar-refractivity contribution >= 4 is 17.9 Å². The van der Waals surface area contributed by atoms with E-state index in [0.29, 0.717) is 6.10 Å². The van der Waals surface area contributed by atoms with Crippen molar-refractivity contribution in [1.29, 1.82) is 0 Å². The van der Waals surface area contributed by atoms with Crippen LogP contribution in [0.3, 0.4) is 0 Å². The minimum absolute atomic E-state index is 0.135. The molecule has 0 aromatic rings. The number of carboxylic acids is 3. The van der Waals surface area contributed by atoms with Gasteiger partial charge < -0.3 is 20.1 Å². The Balaban J connectivity index is 0.000000324. The van der Waals surface area contributed by atoms with Crippen molar-refractivity contribution in [2.75, 3.05) is 0 Å². The zero-order valence-electron chi connectivity index (χ0n) is 12.7. The van der Waals surface area contributed by atoms with Crippen molar-refractivity contribution in [2.45, 2.75) is 45.3 Å². The summed E-state index contributed by atoms with van der Waals surface area (Å²) in [6.07, 6.45) is 3.18. The molecule has 124 valence electrons. The summed E-state index contributed by atoms with van der Waals surface area (Å²) in [6.45, 7) is 9.20. The van der Waals surface area contributed by atoms with E-state index in [-0.39, 0.29) is 23.2 Å². The van der Waals surface area contributed by atoms with Gasteiger partial charge in [0.15, 0.2) is 0 Å². The van der Waals surface area contributed by atoms with Gasteiger partial charge in [0.2, 0.25) is 0 Å². The molecule has 0 spiro atoms. The Labute approximate surface area is 128 Å². The highest BCUT2D eigenvalue weighted by atomic mass is 16.6. The second-order valence-electron chi connectivity index (χ2n) is 5.23. The first-order valence-electron chi connectivity index (χ1n) is 6.72. The Morgan fingerprint density at radius 2 is 1.32 bits per heavy atom. The van der Waals surface area contributed by atoms with E-state index in [1.54, 1.807) is 0 Å². The van der Waals surface area contributed by atoms with Crippen LogP contribution in [-0.4, -0.2) is 45.4 Å². The predicted molar refractivity (Wildman–Crippen MR) is 78.5 cm³/mol. The summed E-state index contributed by atoms with van der Waals surface area (Å²) in [7, 11) is 0. The van der Waals surface area contributed by atoms with E-state index >= 15 is 0 Å². The lowest BCUT2D eigenvalue weighted by atomic mass is 9.90. The molecule has 2 rings (SSSR count). The number of hydrogen-bond acceptors (Lipinski definition) is 4. The molecule has 7 heteroatoms. The van der Waals surface area contributed by atoms with Gasteiger partial charge in [0, 0.05) is 11.1 Å². The molecule has 0 radical (unpaired) electrons. The minimum Gasteiger partial charge on any atom is -0.481 e. The van der Waals surface area contributed by atoms with Crippen LogP contribution in [-0.2, 0) is 19.1 Å². The standard InChI is InChI=1S/C7H10O3.2C4H6O2/c8-7(9)4-1-2-5-6(3-4)10-5;2*1-3(2)4(5)6/h4-6H,1-3H2,(H,8,9);2*1H2,2H3,(H,5,6). The summed E-state index contributed by atoms with van der Waals surface area (Å²) >= 11 is 0. The summed E-state index contributed by atoms with van der Waals surface area (Å²) in [5.74, 6) is -2.66. The minimum atomic E-state index is -0.935. The van der Waals surface area contributed by atoms with E-state index in [2.05, 4.69) is 13.2 Å². The predicted octanol–water partition coefficient (Wildman–Crippen LogP) is 1.93. The molecule has 0 bridgehead atoms. The molecule has 2 aliphatic rings. The Morgan fingerprint density at radius 3 is 1.59 bits per heavy atom. The lowest BCUT2D eigenvalue weighted by molar-refractivity contribution is -0.142. The average molecular weight is 314 g/mol. The lowest BCUT2D eigenvalue weighted by Crippen LogP contribution is -2.21. The van der Waals surface area contributed by atoms with Crippen LogP contribution in [0.1, 0.15) is 33.1 Å². The van der Waals surface area contributed by atoms with Gasteiger partial charge in [0.25, 0.3) is 0 Å². The van der Waals surface area contributed by atoms with Crippen LogP contribution in [0.4, 0.5) is 0 Å². The molecule has 3 N–H and O–H groups in total. The number of carboxylic acid groups (broad SMARTS) is 3. The smallest absolute Gasteiger partial charge is 0.330 e. The molecule has 1 aliphatic carbocycles. The molecule has 3 atom stereocenters. The van der Waals surface area contributed by atoms with E-state index in [1.807, 2.05) is 0 Å². The highest BCUT2D eigenvalue weighted by Gasteiger charge is 2.45. The quantitative estimate of drug-likeness (QED) is 0.537. The summed E-state index contributed by atoms with van der Waals surface area (Å²) in [6, 6.07) is 0. The van der Waals surface area contributed by atoms with Gasteiger partial charge in [-0.15, -0.1) is 0 Å². The van der Waals surface area contributed by atoms with Crippen molar-refractivity contribution in [1.82, 2.24) is 0 Å². The van der Waals surface area contributed by atoms with Crippen LogP contribution in [0.5, 0.6) is 0 Å². The summed E-state index contributed by atoms with van der Waals surface area (Å²) < 4.78 is 5.19. The van der Waals surface area contributed by atoms with E-state index < -0.39 is 17.9 Å². The van der Waals surface area contributed by atoms with Gasteiger partial charge in [0.1, 0.15) is 0 Å². The van der Waals surface area contributed by atoms with Crippen LogP contribution < -0.4 is 0 Å². The van der Waals surface area contributed by atoms with Gasteiger partial charge in [0.05, 0.1) is 18.1 Å². The number of rotatable bonds is 3. The Bertz CT molecular complexity index is 419. The maximum Gasteiger partial charge on any atom is 0.330 e. The molecular formula is C15H22O7. The van der Waals surface area contributed by atoms with Gasteiger partial charge in [-0.3, -0.25) is 4.79 Å². The van der Waals surface area contributed by atoms with Crippen LogP contribution >= 0.6 is 0 Å². The molecule has 3 unspecified atom stereocenters. The zero-order valence-corrected chi connectivity index (χ0v) is 12.7. The van der Waals surface area contributed by atoms with Crippen LogP contribution in [0.15, 0.2) is 24.3 Å². The normalized spacial score (nSPS) is 24.2. The third-order valence-corrected chi connectivity index (χ3v) is 3.08. The maximum atomic E-state index is 10.5. The summed E-state index contributed by atoms with van der Waals surface area (Å²) in [5, 5.41) is 24.4. The van der Waals surface area contributed by atoms with Gasteiger partial charge in [-0.25, -0.2) is 9.59 Å². The Morgan fingerprint density at radius 1 is 0.909 bits per heavy atom. The summed E-state index contributed by atoms with van der Waals surface area (Å²) in [4.78, 5) is 29.7. The van der Waals surface area contributed by atoms with Crippen LogP contribution in [0.2, 0.25) is 0 Å². The maximum absolute atomic E-state index is 10.5. The zero-order chi connectivity index (χ0) is 17.4. The summed E-state index contributed by atoms with van der Waals surface area (Å²) in [5.41, 5.74) is 0.352. The lowest BCUT2D eigenvalue weighted by Gasteiger charge is -2.12. The molecular weight excluding hydrogens is 292 g/mol. The molecule has 22 heavy (non-hydrogen) atoms. The number of epoxide rings is 1. The molecule has 0 aromatic carbocycles. The van der Waals surface area contributed by atoms with Gasteiger partial charge in [-0.05, 0) is 33.1 Å². The molecule has 0 aromatic heterocycles. The van der Waals surface area contributed by atoms with Crippen molar-refractivity contribution in [2.24, 2.45) is 5.92 Å². The third-order valence-electron chi connectivity index (χ3n) is 3.08. The highest BCUT2D eigenvalue weighted by molar-refractivity contribution is 5.85. The SMILES string of the molecule is C=C(C)C(=O)O.C=C(C)C(=O)O.O=C(O)C1CCC2OC2C1. The first-order valence-corrected chi connectivity index (χ1v) is 6.72. The van der Waals surface area contributed by atoms with E-state index in [9.17, 15) is 14.4 Å². The van der Waals surface area contributed by atoms with Gasteiger partial charge in [-0.1, -0.05) is 13.2 Å². The van der Waals surface area contributed by atoms with Crippen molar-refractivity contribution in [3.63, 3.8) is 0 Å². The molecule has 2 fully saturated rings. The Hall–Kier alpha value is -2.15. The molecule has 0 amide bonds. The number of ether oxygens (including phenoxy) is 1. The third kappa shape index (κ3) is 8.21. The molecule has 1 saturated carbocycles. The van der Waals surface area contributed by atoms with Gasteiger partial charge in [-0.2, -0.15) is 0 Å². The highest BCUT2D eigenvalue weighted by Crippen LogP contribution is 2.39. The van der Waals surface area contributed by atoms with Crippen molar-refractivity contribution in [3.05, 3.63) is 24.3 Å². The molecule has 7 nitrogen and oxygen atoms in total. The number of carbonyl (C=O) groups is 3. The van der Waals surface area contributed by atoms with E-state index in [1.165, 1.54) is 13.8 Å². The average Bonchev–Trinajstić information content (AvgIpc) is 3.17. The Kier molecular flexibility index (Phi) is 8.11. The largest absolute Gasteiger partial charge is 0.481 e. The fraction of sp³-hybridized carbons (Fsp3) is 0.533. The number of aliphatic carboxylic acids is 3. The van der Waals surface area contributed by atoms with Crippen LogP contribution in [0, 0.1) is 5.92 Å².